The number of hydrogen-bond acceptors (Lipinski definition) is 3. The number of thioether (sulfide) groups is 1. The number of fused-ring (bicyclic) bond motifs is 1. The molecule has 0 unspecified atom stereocenters. The molecule has 2 fully saturated rings. The quantitative estimate of drug-likeness (QED) is 0.661. The minimum absolute atomic E-state index is 0.0601. The van der Waals surface area contributed by atoms with Crippen molar-refractivity contribution in [1.29, 1.82) is 0 Å². The van der Waals surface area contributed by atoms with Gasteiger partial charge in [-0.2, -0.15) is 11.8 Å². The second-order valence-corrected chi connectivity index (χ2v) is 5.35. The third kappa shape index (κ3) is 1.77. The van der Waals surface area contributed by atoms with Gasteiger partial charge in [-0.1, -0.05) is 13.8 Å². The zero-order valence-electron chi connectivity index (χ0n) is 8.73. The monoisotopic (exact) mass is 215 g/mol. The lowest BCUT2D eigenvalue weighted by molar-refractivity contribution is -0.135. The van der Waals surface area contributed by atoms with Crippen LogP contribution in [0.3, 0.4) is 0 Å². The Balaban J connectivity index is 2.14. The molecular formula is C10H17NO2S. The Morgan fingerprint density at radius 3 is 3.07 bits per heavy atom. The summed E-state index contributed by atoms with van der Waals surface area (Å²) >= 11 is 1.72. The predicted octanol–water partition coefficient (Wildman–Crippen LogP) is 1.33. The first kappa shape index (κ1) is 10.3. The second-order valence-electron chi connectivity index (χ2n) is 4.24. The van der Waals surface area contributed by atoms with Crippen LogP contribution < -0.4 is 0 Å². The largest absolute Gasteiger partial charge is 0.356 e. The number of rotatable bonds is 1. The van der Waals surface area contributed by atoms with Gasteiger partial charge in [-0.3, -0.25) is 4.79 Å². The summed E-state index contributed by atoms with van der Waals surface area (Å²) in [6.45, 7) is 5.03. The Bertz CT molecular complexity index is 232. The minimum Gasteiger partial charge on any atom is -0.356 e. The van der Waals surface area contributed by atoms with E-state index < -0.39 is 0 Å². The van der Waals surface area contributed by atoms with Crippen LogP contribution in [0, 0.1) is 5.92 Å². The third-order valence-corrected chi connectivity index (χ3v) is 3.89. The summed E-state index contributed by atoms with van der Waals surface area (Å²) in [5.41, 5.74) is 0. The molecule has 2 aliphatic rings. The highest BCUT2D eigenvalue weighted by Crippen LogP contribution is 2.29. The SMILES string of the molecule is CC(C)[C@H]1CO[C@@H]2CCSCC(=O)N12. The van der Waals surface area contributed by atoms with E-state index in [1.165, 1.54) is 0 Å². The second kappa shape index (κ2) is 4.11. The van der Waals surface area contributed by atoms with E-state index in [0.717, 1.165) is 18.8 Å². The van der Waals surface area contributed by atoms with Gasteiger partial charge >= 0.3 is 0 Å². The standard InChI is InChI=1S/C10H17NO2S/c1-7(2)8-5-13-10-3-4-14-6-9(12)11(8)10/h7-8,10H,3-6H2,1-2H3/t8-,10-/m1/s1. The van der Waals surface area contributed by atoms with Crippen molar-refractivity contribution in [2.45, 2.75) is 32.5 Å². The molecule has 2 heterocycles. The van der Waals surface area contributed by atoms with E-state index in [-0.39, 0.29) is 12.1 Å². The molecule has 0 aliphatic carbocycles. The molecule has 0 bridgehead atoms. The highest BCUT2D eigenvalue weighted by Gasteiger charge is 2.39. The van der Waals surface area contributed by atoms with Crippen molar-refractivity contribution in [3.63, 3.8) is 0 Å². The minimum atomic E-state index is 0.0601. The van der Waals surface area contributed by atoms with Crippen LogP contribution in [0.5, 0.6) is 0 Å². The van der Waals surface area contributed by atoms with Crippen molar-refractivity contribution in [2.24, 2.45) is 5.92 Å². The molecule has 0 aromatic carbocycles. The van der Waals surface area contributed by atoms with E-state index in [1.807, 2.05) is 4.90 Å². The first-order valence-corrected chi connectivity index (χ1v) is 6.36. The van der Waals surface area contributed by atoms with Crippen LogP contribution >= 0.6 is 11.8 Å². The normalized spacial score (nSPS) is 33.4. The average molecular weight is 215 g/mol. The van der Waals surface area contributed by atoms with Gasteiger partial charge in [0.15, 0.2) is 0 Å². The van der Waals surface area contributed by atoms with Crippen LogP contribution in [0.15, 0.2) is 0 Å². The molecule has 2 rings (SSSR count). The molecule has 4 heteroatoms. The number of carbonyl (C=O) groups excluding carboxylic acids is 1. The Kier molecular flexibility index (Phi) is 3.02. The van der Waals surface area contributed by atoms with Gasteiger partial charge in [-0.05, 0) is 11.7 Å². The van der Waals surface area contributed by atoms with Crippen molar-refractivity contribution in [3.8, 4) is 0 Å². The van der Waals surface area contributed by atoms with Gasteiger partial charge in [-0.15, -0.1) is 0 Å². The predicted molar refractivity (Wildman–Crippen MR) is 57.2 cm³/mol. The highest BCUT2D eigenvalue weighted by molar-refractivity contribution is 7.99. The highest BCUT2D eigenvalue weighted by atomic mass is 32.2. The van der Waals surface area contributed by atoms with E-state index >= 15 is 0 Å². The van der Waals surface area contributed by atoms with Crippen LogP contribution in [-0.4, -0.2) is 41.2 Å². The lowest BCUT2D eigenvalue weighted by Gasteiger charge is -2.28. The summed E-state index contributed by atoms with van der Waals surface area (Å²) in [6.07, 6.45) is 1.05. The molecule has 0 N–H and O–H groups in total. The van der Waals surface area contributed by atoms with E-state index in [4.69, 9.17) is 4.74 Å². The topological polar surface area (TPSA) is 29.5 Å². The molecule has 80 valence electrons. The molecule has 14 heavy (non-hydrogen) atoms. The summed E-state index contributed by atoms with van der Waals surface area (Å²) in [6, 6.07) is 0.297. The fourth-order valence-corrected chi connectivity index (χ4v) is 2.92. The Morgan fingerprint density at radius 1 is 1.57 bits per heavy atom. The maximum Gasteiger partial charge on any atom is 0.234 e. The lowest BCUT2D eigenvalue weighted by atomic mass is 10.0. The molecule has 3 nitrogen and oxygen atoms in total. The van der Waals surface area contributed by atoms with Crippen LogP contribution in [-0.2, 0) is 9.53 Å². The van der Waals surface area contributed by atoms with Gasteiger partial charge in [-0.25, -0.2) is 0 Å². The van der Waals surface area contributed by atoms with Crippen molar-refractivity contribution in [3.05, 3.63) is 0 Å². The fraction of sp³-hybridized carbons (Fsp3) is 0.900. The lowest BCUT2D eigenvalue weighted by Crippen LogP contribution is -2.44. The summed E-state index contributed by atoms with van der Waals surface area (Å²) in [5.74, 6) is 2.42. The molecule has 0 aromatic heterocycles. The molecule has 2 atom stereocenters. The molecular weight excluding hydrogens is 198 g/mol. The van der Waals surface area contributed by atoms with Crippen LogP contribution in [0.4, 0.5) is 0 Å². The number of hydrogen-bond donors (Lipinski definition) is 0. The molecule has 0 aromatic rings. The first-order chi connectivity index (χ1) is 6.70. The summed E-state index contributed by atoms with van der Waals surface area (Å²) in [7, 11) is 0. The average Bonchev–Trinajstić information content (AvgIpc) is 2.48. The molecule has 1 amide bonds. The maximum absolute atomic E-state index is 11.8. The maximum atomic E-state index is 11.8. The zero-order chi connectivity index (χ0) is 10.1. The molecule has 0 radical (unpaired) electrons. The van der Waals surface area contributed by atoms with Crippen LogP contribution in [0.25, 0.3) is 0 Å². The number of amides is 1. The van der Waals surface area contributed by atoms with Gasteiger partial charge in [0.1, 0.15) is 6.23 Å². The Morgan fingerprint density at radius 2 is 2.36 bits per heavy atom. The number of carbonyl (C=O) groups is 1. The number of ether oxygens (including phenoxy) is 1. The smallest absolute Gasteiger partial charge is 0.234 e. The first-order valence-electron chi connectivity index (χ1n) is 5.20. The van der Waals surface area contributed by atoms with Crippen molar-refractivity contribution in [1.82, 2.24) is 4.90 Å². The van der Waals surface area contributed by atoms with Gasteiger partial charge in [0.05, 0.1) is 18.4 Å². The zero-order valence-corrected chi connectivity index (χ0v) is 9.55. The third-order valence-electron chi connectivity index (χ3n) is 2.92. The van der Waals surface area contributed by atoms with Crippen molar-refractivity contribution in [2.75, 3.05) is 18.1 Å². The van der Waals surface area contributed by atoms with E-state index in [2.05, 4.69) is 13.8 Å². The van der Waals surface area contributed by atoms with Crippen molar-refractivity contribution < 1.29 is 9.53 Å². The van der Waals surface area contributed by atoms with Gasteiger partial charge in [0.25, 0.3) is 0 Å². The van der Waals surface area contributed by atoms with Crippen molar-refractivity contribution >= 4 is 17.7 Å². The van der Waals surface area contributed by atoms with E-state index in [9.17, 15) is 4.79 Å². The van der Waals surface area contributed by atoms with Crippen LogP contribution in [0.2, 0.25) is 0 Å². The Labute approximate surface area is 89.2 Å². The molecule has 2 aliphatic heterocycles. The van der Waals surface area contributed by atoms with E-state index in [0.29, 0.717) is 17.7 Å². The van der Waals surface area contributed by atoms with Gasteiger partial charge in [0.2, 0.25) is 5.91 Å². The molecule has 0 spiro atoms. The van der Waals surface area contributed by atoms with Crippen LogP contribution in [0.1, 0.15) is 20.3 Å². The number of nitrogens with zero attached hydrogens (tertiary/aromatic N) is 1. The summed E-state index contributed by atoms with van der Waals surface area (Å²) in [5, 5.41) is 0. The molecule has 2 saturated heterocycles. The van der Waals surface area contributed by atoms with Gasteiger partial charge < -0.3 is 9.64 Å². The van der Waals surface area contributed by atoms with E-state index in [1.54, 1.807) is 11.8 Å². The fourth-order valence-electron chi connectivity index (χ4n) is 2.08. The summed E-state index contributed by atoms with van der Waals surface area (Å²) in [4.78, 5) is 13.8. The summed E-state index contributed by atoms with van der Waals surface area (Å²) < 4.78 is 5.67. The molecule has 0 saturated carbocycles. The van der Waals surface area contributed by atoms with Gasteiger partial charge in [0, 0.05) is 6.42 Å². The Hall–Kier alpha value is -0.220.